The molecule has 4 bridgehead atoms. The van der Waals surface area contributed by atoms with Gasteiger partial charge in [0.15, 0.2) is 24.2 Å². The van der Waals surface area contributed by atoms with E-state index in [1.54, 1.807) is 186 Å². The van der Waals surface area contributed by atoms with Crippen LogP contribution in [0.2, 0.25) is 0 Å². The number of rotatable bonds is 18. The van der Waals surface area contributed by atoms with Gasteiger partial charge in [-0.15, -0.1) is 0 Å². The zero-order chi connectivity index (χ0) is 104. The summed E-state index contributed by atoms with van der Waals surface area (Å²) in [6.45, 7) is 13.0. The molecular weight excluding hydrogens is 1840 g/mol. The predicted molar refractivity (Wildman–Crippen MR) is 517 cm³/mol. The minimum atomic E-state index is -2.42. The Hall–Kier alpha value is -7.00. The van der Waals surface area contributed by atoms with Gasteiger partial charge >= 0.3 is 11.9 Å². The van der Waals surface area contributed by atoms with E-state index in [-0.39, 0.29) is 116 Å². The average molecular weight is 2000 g/mol. The molecule has 39 heteroatoms. The van der Waals surface area contributed by atoms with Crippen LogP contribution in [0.15, 0.2) is 170 Å². The molecule has 39 nitrogen and oxygen atoms in total. The van der Waals surface area contributed by atoms with Crippen molar-refractivity contribution in [2.45, 2.75) is 353 Å². The van der Waals surface area contributed by atoms with Gasteiger partial charge in [-0.3, -0.25) is 19.2 Å². The molecule has 6 rings (SSSR count). The molecule has 6 heterocycles. The maximum Gasteiger partial charge on any atom is 0.308 e. The molecule has 4 saturated heterocycles. The van der Waals surface area contributed by atoms with Gasteiger partial charge < -0.3 is 176 Å². The lowest BCUT2D eigenvalue weighted by molar-refractivity contribution is -0.308. The summed E-state index contributed by atoms with van der Waals surface area (Å²) in [6.07, 6.45) is 3.99. The summed E-state index contributed by atoms with van der Waals surface area (Å²) in [5, 5.41) is 230. The lowest BCUT2D eigenvalue weighted by Crippen LogP contribution is -2.62. The highest BCUT2D eigenvalue weighted by molar-refractivity contribution is 5.80. The number of ether oxygens (including phenoxy) is 11. The van der Waals surface area contributed by atoms with E-state index in [0.717, 1.165) is 0 Å². The van der Waals surface area contributed by atoms with Crippen LogP contribution in [-0.4, -0.2) is 374 Å². The predicted octanol–water partition coefficient (Wildman–Crippen LogP) is 0.550. The first kappa shape index (κ1) is 123. The lowest BCUT2D eigenvalue weighted by atomic mass is 9.82. The zero-order valence-corrected chi connectivity index (χ0v) is 82.1. The fraction of sp³-hybridized carbons (Fsp3) is 0.686. The standard InChI is InChI=1S/C102H162N4O35/c1-61-33-29-25-21-17-13-9-11-15-19-23-27-31-35-75(138-99-95(125)89(103)93(123)67(7)136-99)55-83-87(81(117)59-101(129,140-83)57-73(111)51-79(115)77(113)39-37-69(107)49-71(109)53-85(119)134-65(5)63(3)91(61)121)97(127)105-41-43-131-45-47-133-48-46-132-44-42-106-98(128)88-82(118)60-102(130)58-74(112)52-80(116)78(114)40-38-70(108)50-72(110)54-86(120)135-66(6)64(4)92(122)62(2)34-30-26-22-18-14-10-12-16-20-24-28-32-36-76(56-84(88)141-102)139-100-96(126)90(104)94(124)68(8)137-100/h9-36,61-84,87-96,99-100,107-118,121-126,129-130H,37-60,103-104H2,1-8H3,(H,105,127)(H,106,128)/b11-9+,12-10+,17-13+,18-14+,19-15+,20-16+,25-21+,26-22+,27-23+,28-24+,33-29+,34-30+,35-31+,36-32+/t61-,62-,63-,64-,65-,66-,67+,68+,69+,70+,71+,72+,73-,74-,75-,76-,77+,78+,79+,80+,81-,82-,83-,84-,87+,88+,89-,90-,91+,92+,93+,94+,95-,96-,99-,100-,101+,102+/m0/s1. The van der Waals surface area contributed by atoms with Crippen LogP contribution in [0.25, 0.3) is 0 Å². The molecule has 26 N–H and O–H groups in total. The lowest BCUT2D eigenvalue weighted by Gasteiger charge is -2.46. The third kappa shape index (κ3) is 44.3. The van der Waals surface area contributed by atoms with E-state index in [4.69, 9.17) is 63.6 Å². The summed E-state index contributed by atoms with van der Waals surface area (Å²) < 4.78 is 65.4. The quantitative estimate of drug-likeness (QED) is 0.0658. The van der Waals surface area contributed by atoms with Crippen LogP contribution in [-0.2, 0) is 71.3 Å². The van der Waals surface area contributed by atoms with Gasteiger partial charge in [0.05, 0.1) is 211 Å². The molecule has 0 unspecified atom stereocenters. The second-order valence-electron chi connectivity index (χ2n) is 37.9. The number of aliphatic hydroxyl groups excluding tert-OH is 18. The van der Waals surface area contributed by atoms with E-state index in [2.05, 4.69) is 10.6 Å². The van der Waals surface area contributed by atoms with Crippen molar-refractivity contribution >= 4 is 23.8 Å². The zero-order valence-electron chi connectivity index (χ0n) is 82.1. The van der Waals surface area contributed by atoms with Crippen molar-refractivity contribution in [2.75, 3.05) is 52.7 Å². The van der Waals surface area contributed by atoms with Crippen LogP contribution < -0.4 is 22.1 Å². The van der Waals surface area contributed by atoms with Gasteiger partial charge in [0.2, 0.25) is 11.8 Å². The summed E-state index contributed by atoms with van der Waals surface area (Å²) >= 11 is 0. The first-order valence-corrected chi connectivity index (χ1v) is 49.1. The van der Waals surface area contributed by atoms with Crippen LogP contribution >= 0.6 is 0 Å². The van der Waals surface area contributed by atoms with Crippen LogP contribution in [0.1, 0.15) is 158 Å². The fourth-order valence-corrected chi connectivity index (χ4v) is 17.2. The number of aliphatic hydroxyl groups is 20. The maximum absolute atomic E-state index is 14.4. The number of cyclic esters (lactones) is 2. The number of nitrogens with two attached hydrogens (primary N) is 2. The third-order valence-electron chi connectivity index (χ3n) is 25.9. The van der Waals surface area contributed by atoms with E-state index >= 15 is 0 Å². The van der Waals surface area contributed by atoms with Crippen LogP contribution in [0.4, 0.5) is 0 Å². The number of nitrogens with one attached hydrogen (secondary N) is 2. The molecule has 6 aliphatic heterocycles. The number of hydrogen-bond donors (Lipinski definition) is 24. The van der Waals surface area contributed by atoms with Gasteiger partial charge in [-0.2, -0.15) is 0 Å². The van der Waals surface area contributed by atoms with Crippen LogP contribution in [0, 0.1) is 35.5 Å². The summed E-state index contributed by atoms with van der Waals surface area (Å²) in [5.74, 6) is -12.5. The summed E-state index contributed by atoms with van der Waals surface area (Å²) in [4.78, 5) is 54.6. The van der Waals surface area contributed by atoms with Crippen molar-refractivity contribution in [3.63, 3.8) is 0 Å². The van der Waals surface area contributed by atoms with Gasteiger partial charge in [0.25, 0.3) is 0 Å². The molecule has 0 radical (unpaired) electrons. The second-order valence-corrected chi connectivity index (χ2v) is 37.9. The molecule has 0 aromatic heterocycles. The first-order valence-electron chi connectivity index (χ1n) is 49.1. The maximum atomic E-state index is 14.4. The van der Waals surface area contributed by atoms with Gasteiger partial charge in [-0.25, -0.2) is 0 Å². The van der Waals surface area contributed by atoms with Crippen LogP contribution in [0.3, 0.4) is 0 Å². The average Bonchev–Trinajstić information content (AvgIpc) is 0.753. The minimum absolute atomic E-state index is 0.00632. The summed E-state index contributed by atoms with van der Waals surface area (Å²) in [6, 6.07) is -2.46. The molecular formula is C102H162N4O35. The molecule has 4 fully saturated rings. The minimum Gasteiger partial charge on any atom is -0.462 e. The number of carbonyl (C=O) groups is 4. The number of allylic oxidation sites excluding steroid dienone is 24. The van der Waals surface area contributed by atoms with Crippen molar-refractivity contribution in [1.29, 1.82) is 0 Å². The number of hydrogen-bond acceptors (Lipinski definition) is 37. The van der Waals surface area contributed by atoms with E-state index in [1.165, 1.54) is 26.0 Å². The van der Waals surface area contributed by atoms with Gasteiger partial charge in [-0.05, 0) is 66.2 Å². The molecule has 6 aliphatic rings. The molecule has 38 atom stereocenters. The van der Waals surface area contributed by atoms with Crippen molar-refractivity contribution in [1.82, 2.24) is 10.6 Å². The molecule has 0 aliphatic carbocycles. The number of fused-ring (bicyclic) bond motifs is 4. The normalized spacial score (nSPS) is 43.0. The van der Waals surface area contributed by atoms with Gasteiger partial charge in [-0.1, -0.05) is 198 Å². The Labute approximate surface area is 826 Å². The van der Waals surface area contributed by atoms with Gasteiger partial charge in [0.1, 0.15) is 24.4 Å². The summed E-state index contributed by atoms with van der Waals surface area (Å²) in [7, 11) is 0. The van der Waals surface area contributed by atoms with Crippen molar-refractivity contribution < 1.29 is 173 Å². The molecule has 800 valence electrons. The Morgan fingerprint density at radius 1 is 0.340 bits per heavy atom. The Balaban J connectivity index is 1.11. The van der Waals surface area contributed by atoms with E-state index in [9.17, 15) is 121 Å². The molecule has 0 spiro atoms. The Kier molecular flexibility index (Phi) is 55.9. The van der Waals surface area contributed by atoms with E-state index in [0.29, 0.717) is 0 Å². The van der Waals surface area contributed by atoms with E-state index in [1.807, 2.05) is 13.8 Å². The Bertz CT molecular complexity index is 3820. The number of carbonyl (C=O) groups excluding carboxylic acids is 4. The highest BCUT2D eigenvalue weighted by atomic mass is 16.7. The topological polar surface area (TPSA) is 651 Å². The van der Waals surface area contributed by atoms with Crippen LogP contribution in [0.5, 0.6) is 0 Å². The van der Waals surface area contributed by atoms with E-state index < -0.39 is 294 Å². The molecule has 141 heavy (non-hydrogen) atoms. The SMILES string of the molecule is C[C@@H]1[C@H](O)[C@@H](C)/C=C/C=C/C=C/C=C/C=C/C=C/C=C/[C@H](O[C@@H]2O[C@H](C)[C@@H](O)[C@H](N)[C@@H]2O)C[C@@H]2O[C@](O)(C[C@@H](O)C[C@@H](O)[C@H](O)CC[C@@H](O)C[C@@H](O)CC(=O)O[C@H]1C)C[C@H](O)[C@H]2C(=O)NCCOCCOCCOCCNC(=O)[C@H]1[C@@H]2C[C@@H](O[C@@H]3O[C@H](C)[C@@H](O)[C@H](N)[C@@H]3O)/C=C/C=C/C=C/C=C/C=C/C=C/C=C/[C@H](C)[C@@H](O)[C@@H](C)[C@H](C)OC(=O)C[C@H](O)C[C@H](O)CC[C@@H](O)[C@H](O)C[C@H](O)C[C@](O)(C[C@@H]1O)O2. The third-order valence-corrected chi connectivity index (χ3v) is 25.9. The molecule has 2 amide bonds. The van der Waals surface area contributed by atoms with Crippen molar-refractivity contribution in [3.8, 4) is 0 Å². The number of esters is 2. The van der Waals surface area contributed by atoms with Crippen molar-refractivity contribution in [3.05, 3.63) is 170 Å². The fourth-order valence-electron chi connectivity index (χ4n) is 17.2. The Morgan fingerprint density at radius 2 is 0.638 bits per heavy atom. The molecule has 0 saturated carbocycles. The largest absolute Gasteiger partial charge is 0.462 e. The first-order chi connectivity index (χ1) is 66.9. The number of amides is 2. The molecule has 0 aromatic rings. The smallest absolute Gasteiger partial charge is 0.308 e. The highest BCUT2D eigenvalue weighted by Gasteiger charge is 2.54. The summed E-state index contributed by atoms with van der Waals surface area (Å²) in [5.41, 5.74) is 12.4. The van der Waals surface area contributed by atoms with Crippen molar-refractivity contribution in [2.24, 2.45) is 47.0 Å². The molecule has 0 aromatic carbocycles. The Morgan fingerprint density at radius 3 is 0.957 bits per heavy atom. The monoisotopic (exact) mass is 2000 g/mol. The second kappa shape index (κ2) is 64.2. The highest BCUT2D eigenvalue weighted by Crippen LogP contribution is 2.41. The van der Waals surface area contributed by atoms with Gasteiger partial charge in [0, 0.05) is 88.1 Å².